The van der Waals surface area contributed by atoms with E-state index in [-0.39, 0.29) is 36.2 Å². The molecule has 1 fully saturated rings. The zero-order chi connectivity index (χ0) is 19.4. The largest absolute Gasteiger partial charge is 0.336 e. The zero-order valence-electron chi connectivity index (χ0n) is 16.7. The number of halogens is 1. The first-order chi connectivity index (χ1) is 13.1. The van der Waals surface area contributed by atoms with Crippen LogP contribution in [0.15, 0.2) is 18.2 Å². The number of nitrogens with zero attached hydrogens (tertiary/aromatic N) is 2. The third-order valence-corrected chi connectivity index (χ3v) is 5.43. The van der Waals surface area contributed by atoms with Gasteiger partial charge in [0.25, 0.3) is 17.7 Å². The number of piperidine rings is 1. The van der Waals surface area contributed by atoms with E-state index in [0.717, 1.165) is 45.2 Å². The van der Waals surface area contributed by atoms with Gasteiger partial charge >= 0.3 is 0 Å². The summed E-state index contributed by atoms with van der Waals surface area (Å²) in [5, 5.41) is 3.33. The lowest BCUT2D eigenvalue weighted by molar-refractivity contribution is 0.0638. The van der Waals surface area contributed by atoms with Crippen molar-refractivity contribution in [3.8, 4) is 0 Å². The summed E-state index contributed by atoms with van der Waals surface area (Å²) in [4.78, 5) is 41.6. The number of nitrogens with one attached hydrogen (secondary N) is 1. The molecule has 0 radical (unpaired) electrons. The highest BCUT2D eigenvalue weighted by molar-refractivity contribution is 6.22. The number of unbranched alkanes of at least 4 members (excludes halogenated alkanes) is 1. The number of hydrogen-bond donors (Lipinski definition) is 1. The summed E-state index contributed by atoms with van der Waals surface area (Å²) in [7, 11) is 0. The minimum atomic E-state index is -0.276. The van der Waals surface area contributed by atoms with Gasteiger partial charge in [0.15, 0.2) is 0 Å². The molecule has 0 atom stereocenters. The van der Waals surface area contributed by atoms with Crippen LogP contribution in [0.1, 0.15) is 77.0 Å². The Morgan fingerprint density at radius 3 is 2.43 bits per heavy atom. The molecule has 6 nitrogen and oxygen atoms in total. The van der Waals surface area contributed by atoms with Crippen LogP contribution in [0.4, 0.5) is 0 Å². The molecule has 3 amide bonds. The van der Waals surface area contributed by atoms with Gasteiger partial charge in [-0.2, -0.15) is 0 Å². The first-order valence-corrected chi connectivity index (χ1v) is 10.1. The fourth-order valence-corrected chi connectivity index (χ4v) is 3.92. The first-order valence-electron chi connectivity index (χ1n) is 10.1. The fourth-order valence-electron chi connectivity index (χ4n) is 3.92. The second kappa shape index (κ2) is 10.0. The summed E-state index contributed by atoms with van der Waals surface area (Å²) < 4.78 is 0. The predicted octanol–water partition coefficient (Wildman–Crippen LogP) is 3.11. The van der Waals surface area contributed by atoms with E-state index < -0.39 is 0 Å². The van der Waals surface area contributed by atoms with Gasteiger partial charge in [0, 0.05) is 24.7 Å². The maximum absolute atomic E-state index is 13.2. The second-order valence-corrected chi connectivity index (χ2v) is 7.36. The van der Waals surface area contributed by atoms with Gasteiger partial charge in [0.2, 0.25) is 0 Å². The van der Waals surface area contributed by atoms with E-state index in [4.69, 9.17) is 0 Å². The maximum atomic E-state index is 13.2. The van der Waals surface area contributed by atoms with E-state index in [1.165, 1.54) is 4.90 Å². The van der Waals surface area contributed by atoms with Gasteiger partial charge in [-0.1, -0.05) is 20.3 Å². The van der Waals surface area contributed by atoms with Gasteiger partial charge in [-0.25, -0.2) is 0 Å². The zero-order valence-corrected chi connectivity index (χ0v) is 17.5. The molecule has 1 N–H and O–H groups in total. The Morgan fingerprint density at radius 1 is 1.11 bits per heavy atom. The molecule has 3 rings (SSSR count). The highest BCUT2D eigenvalue weighted by atomic mass is 35.5. The van der Waals surface area contributed by atoms with Crippen LogP contribution in [0.5, 0.6) is 0 Å². The van der Waals surface area contributed by atoms with E-state index in [1.807, 2.05) is 11.8 Å². The SMILES string of the molecule is CCCCN1C(=O)c2ccc(C(=O)N(CCC)C3CCNCC3)cc2C1=O.Cl. The number of carbonyl (C=O) groups excluding carboxylic acids is 3. The molecule has 0 bridgehead atoms. The molecule has 2 aliphatic heterocycles. The lowest BCUT2D eigenvalue weighted by Gasteiger charge is -2.34. The van der Waals surface area contributed by atoms with E-state index in [2.05, 4.69) is 12.2 Å². The van der Waals surface area contributed by atoms with Crippen molar-refractivity contribution in [3.05, 3.63) is 34.9 Å². The third kappa shape index (κ3) is 4.39. The molecule has 1 saturated heterocycles. The number of carbonyl (C=O) groups is 3. The van der Waals surface area contributed by atoms with Crippen molar-refractivity contribution in [2.45, 2.75) is 52.0 Å². The van der Waals surface area contributed by atoms with Crippen LogP contribution < -0.4 is 5.32 Å². The minimum absolute atomic E-state index is 0. The molecule has 1 aromatic carbocycles. The van der Waals surface area contributed by atoms with Crippen LogP contribution in [0, 0.1) is 0 Å². The van der Waals surface area contributed by atoms with Gasteiger partial charge in [-0.05, 0) is 57.0 Å². The molecule has 7 heteroatoms. The van der Waals surface area contributed by atoms with E-state index in [9.17, 15) is 14.4 Å². The summed E-state index contributed by atoms with van der Waals surface area (Å²) >= 11 is 0. The van der Waals surface area contributed by atoms with Crippen molar-refractivity contribution in [2.75, 3.05) is 26.2 Å². The van der Waals surface area contributed by atoms with Crippen LogP contribution in [-0.4, -0.2) is 59.7 Å². The van der Waals surface area contributed by atoms with Gasteiger partial charge < -0.3 is 10.2 Å². The summed E-state index contributed by atoms with van der Waals surface area (Å²) in [5.41, 5.74) is 1.28. The average molecular weight is 408 g/mol. The second-order valence-electron chi connectivity index (χ2n) is 7.36. The maximum Gasteiger partial charge on any atom is 0.261 e. The molecule has 0 aliphatic carbocycles. The molecule has 2 heterocycles. The standard InChI is InChI=1S/C21H29N3O3.ClH/c1-3-5-13-24-20(26)17-7-6-15(14-18(17)21(24)27)19(25)23(12-4-2)16-8-10-22-11-9-16;/h6-7,14,16,22H,3-5,8-13H2,1-2H3;1H. The topological polar surface area (TPSA) is 69.7 Å². The van der Waals surface area contributed by atoms with Crippen LogP contribution in [-0.2, 0) is 0 Å². The monoisotopic (exact) mass is 407 g/mol. The molecule has 0 spiro atoms. The average Bonchev–Trinajstić information content (AvgIpc) is 2.94. The summed E-state index contributed by atoms with van der Waals surface area (Å²) in [6.45, 7) is 7.07. The van der Waals surface area contributed by atoms with Crippen molar-refractivity contribution < 1.29 is 14.4 Å². The van der Waals surface area contributed by atoms with Gasteiger partial charge in [-0.15, -0.1) is 12.4 Å². The van der Waals surface area contributed by atoms with E-state index in [1.54, 1.807) is 18.2 Å². The molecule has 154 valence electrons. The van der Waals surface area contributed by atoms with Gasteiger partial charge in [0.05, 0.1) is 11.1 Å². The van der Waals surface area contributed by atoms with Crippen molar-refractivity contribution in [3.63, 3.8) is 0 Å². The Kier molecular flexibility index (Phi) is 8.01. The smallest absolute Gasteiger partial charge is 0.261 e. The number of fused-ring (bicyclic) bond motifs is 1. The summed E-state index contributed by atoms with van der Waals surface area (Å²) in [5.74, 6) is -0.563. The van der Waals surface area contributed by atoms with Crippen molar-refractivity contribution in [1.29, 1.82) is 0 Å². The number of rotatable bonds is 7. The molecular weight excluding hydrogens is 378 g/mol. The number of hydrogen-bond acceptors (Lipinski definition) is 4. The van der Waals surface area contributed by atoms with E-state index in [0.29, 0.717) is 29.8 Å². The Labute approximate surface area is 173 Å². The molecular formula is C21H30ClN3O3. The first kappa shape index (κ1) is 22.4. The molecule has 2 aliphatic rings. The Balaban J connectivity index is 0.00000280. The Hall–Kier alpha value is -1.92. The lowest BCUT2D eigenvalue weighted by Crippen LogP contribution is -2.46. The summed E-state index contributed by atoms with van der Waals surface area (Å²) in [6.07, 6.45) is 4.48. The third-order valence-electron chi connectivity index (χ3n) is 5.43. The van der Waals surface area contributed by atoms with Crippen LogP contribution in [0.2, 0.25) is 0 Å². The molecule has 0 saturated carbocycles. The van der Waals surface area contributed by atoms with Gasteiger partial charge in [0.1, 0.15) is 0 Å². The van der Waals surface area contributed by atoms with Crippen LogP contribution in [0.25, 0.3) is 0 Å². The molecule has 1 aromatic rings. The van der Waals surface area contributed by atoms with E-state index >= 15 is 0 Å². The van der Waals surface area contributed by atoms with Crippen molar-refractivity contribution >= 4 is 30.1 Å². The highest BCUT2D eigenvalue weighted by Crippen LogP contribution is 2.26. The quantitative estimate of drug-likeness (QED) is 0.705. The molecule has 28 heavy (non-hydrogen) atoms. The Morgan fingerprint density at radius 2 is 1.79 bits per heavy atom. The van der Waals surface area contributed by atoms with Crippen molar-refractivity contribution in [2.24, 2.45) is 0 Å². The normalized spacial score (nSPS) is 16.7. The van der Waals surface area contributed by atoms with Crippen molar-refractivity contribution in [1.82, 2.24) is 15.1 Å². The minimum Gasteiger partial charge on any atom is -0.336 e. The predicted molar refractivity (Wildman–Crippen MR) is 111 cm³/mol. The number of amides is 3. The number of benzene rings is 1. The number of imide groups is 1. The van der Waals surface area contributed by atoms with Crippen LogP contribution >= 0.6 is 12.4 Å². The highest BCUT2D eigenvalue weighted by Gasteiger charge is 2.36. The molecule has 0 unspecified atom stereocenters. The fraction of sp³-hybridized carbons (Fsp3) is 0.571. The van der Waals surface area contributed by atoms with Crippen LogP contribution in [0.3, 0.4) is 0 Å². The Bertz CT molecular complexity index is 732. The molecule has 0 aromatic heterocycles. The summed E-state index contributed by atoms with van der Waals surface area (Å²) in [6, 6.07) is 5.18. The lowest BCUT2D eigenvalue weighted by atomic mass is 10.0. The van der Waals surface area contributed by atoms with Gasteiger partial charge in [-0.3, -0.25) is 19.3 Å².